The summed E-state index contributed by atoms with van der Waals surface area (Å²) < 4.78 is 0. The molecule has 4 rings (SSSR count). The Morgan fingerprint density at radius 2 is 1.77 bits per heavy atom. The molecule has 186 valence electrons. The van der Waals surface area contributed by atoms with Gasteiger partial charge in [-0.25, -0.2) is 4.98 Å². The van der Waals surface area contributed by atoms with Gasteiger partial charge in [-0.15, -0.1) is 11.3 Å². The van der Waals surface area contributed by atoms with Crippen molar-refractivity contribution in [2.75, 3.05) is 18.5 Å². The molecule has 0 bridgehead atoms. The molecule has 0 radical (unpaired) electrons. The maximum absolute atomic E-state index is 4.94. The Kier molecular flexibility index (Phi) is 7.95. The second-order valence-electron chi connectivity index (χ2n) is 9.73. The third-order valence-corrected chi connectivity index (χ3v) is 8.86. The number of likely N-dealkylation sites (N-methyl/N-ethyl adjacent to an activating group) is 1. The molecule has 0 fully saturated rings. The van der Waals surface area contributed by atoms with Crippen LogP contribution < -0.4 is 4.90 Å². The van der Waals surface area contributed by atoms with Gasteiger partial charge in [0.05, 0.1) is 5.69 Å². The van der Waals surface area contributed by atoms with E-state index in [0.29, 0.717) is 0 Å². The van der Waals surface area contributed by atoms with Gasteiger partial charge in [0.25, 0.3) is 0 Å². The zero-order chi connectivity index (χ0) is 25.0. The van der Waals surface area contributed by atoms with E-state index in [0.717, 1.165) is 30.0 Å². The summed E-state index contributed by atoms with van der Waals surface area (Å²) in [6.45, 7) is 12.4. The molecule has 4 aromatic rings. The number of pyridine rings is 1. The van der Waals surface area contributed by atoms with E-state index in [9.17, 15) is 0 Å². The lowest BCUT2D eigenvalue weighted by molar-refractivity contribution is 0.351. The SMILES string of the molecule is CCCC(CC)(CC)c1[nH]c2cc(N(C)CCc3nc(-c4ccncc4)sc3C)ccc2c1CC. The van der Waals surface area contributed by atoms with Crippen LogP contribution in [-0.4, -0.2) is 28.5 Å². The molecular formula is C30H40N4S. The summed E-state index contributed by atoms with van der Waals surface area (Å²) in [6, 6.07) is 11.0. The van der Waals surface area contributed by atoms with E-state index in [-0.39, 0.29) is 5.41 Å². The monoisotopic (exact) mass is 488 g/mol. The molecule has 0 saturated carbocycles. The first kappa shape index (κ1) is 25.4. The number of hydrogen-bond acceptors (Lipinski definition) is 4. The lowest BCUT2D eigenvalue weighted by Crippen LogP contribution is -2.26. The fourth-order valence-corrected chi connectivity index (χ4v) is 6.51. The lowest BCUT2D eigenvalue weighted by Gasteiger charge is -2.32. The van der Waals surface area contributed by atoms with Gasteiger partial charge in [-0.2, -0.15) is 0 Å². The molecule has 4 nitrogen and oxygen atoms in total. The number of benzene rings is 1. The Balaban J connectivity index is 1.56. The molecule has 3 aromatic heterocycles. The molecule has 0 atom stereocenters. The van der Waals surface area contributed by atoms with E-state index < -0.39 is 0 Å². The minimum Gasteiger partial charge on any atom is -0.374 e. The number of fused-ring (bicyclic) bond motifs is 1. The Bertz CT molecular complexity index is 1250. The number of H-pyrrole nitrogens is 1. The molecule has 0 aliphatic heterocycles. The molecule has 0 spiro atoms. The van der Waals surface area contributed by atoms with Crippen LogP contribution in [0, 0.1) is 6.92 Å². The van der Waals surface area contributed by atoms with Gasteiger partial charge in [0.15, 0.2) is 0 Å². The molecule has 0 aliphatic carbocycles. The number of thiazole rings is 1. The van der Waals surface area contributed by atoms with E-state index in [1.807, 2.05) is 24.5 Å². The second-order valence-corrected chi connectivity index (χ2v) is 10.9. The van der Waals surface area contributed by atoms with Gasteiger partial charge in [0.2, 0.25) is 0 Å². The highest BCUT2D eigenvalue weighted by molar-refractivity contribution is 7.15. The van der Waals surface area contributed by atoms with Crippen LogP contribution in [0.1, 0.15) is 75.2 Å². The Morgan fingerprint density at radius 3 is 2.43 bits per heavy atom. The van der Waals surface area contributed by atoms with Gasteiger partial charge in [-0.05, 0) is 62.4 Å². The quantitative estimate of drug-likeness (QED) is 0.232. The van der Waals surface area contributed by atoms with Gasteiger partial charge in [0.1, 0.15) is 5.01 Å². The summed E-state index contributed by atoms with van der Waals surface area (Å²) in [5.41, 5.74) is 8.10. The first-order valence-electron chi connectivity index (χ1n) is 13.2. The number of aryl methyl sites for hydroxylation is 2. The lowest BCUT2D eigenvalue weighted by atomic mass is 9.74. The zero-order valence-electron chi connectivity index (χ0n) is 22.2. The predicted molar refractivity (Wildman–Crippen MR) is 152 cm³/mol. The first-order chi connectivity index (χ1) is 17.0. The number of anilines is 1. The summed E-state index contributed by atoms with van der Waals surface area (Å²) in [5, 5.41) is 2.47. The van der Waals surface area contributed by atoms with Crippen molar-refractivity contribution in [1.82, 2.24) is 15.0 Å². The van der Waals surface area contributed by atoms with Crippen LogP contribution in [0.25, 0.3) is 21.5 Å². The van der Waals surface area contributed by atoms with E-state index in [1.165, 1.54) is 64.1 Å². The Hall–Kier alpha value is -2.66. The van der Waals surface area contributed by atoms with E-state index in [4.69, 9.17) is 4.98 Å². The van der Waals surface area contributed by atoms with Gasteiger partial charge in [-0.1, -0.05) is 40.2 Å². The van der Waals surface area contributed by atoms with Crippen molar-refractivity contribution < 1.29 is 0 Å². The van der Waals surface area contributed by atoms with Crippen molar-refractivity contribution in [3.63, 3.8) is 0 Å². The molecular weight excluding hydrogens is 448 g/mol. The average Bonchev–Trinajstić information content (AvgIpc) is 3.46. The maximum Gasteiger partial charge on any atom is 0.123 e. The summed E-state index contributed by atoms with van der Waals surface area (Å²) in [4.78, 5) is 16.6. The van der Waals surface area contributed by atoms with Crippen LogP contribution in [0.5, 0.6) is 0 Å². The Morgan fingerprint density at radius 1 is 1.03 bits per heavy atom. The third-order valence-electron chi connectivity index (χ3n) is 7.80. The van der Waals surface area contributed by atoms with E-state index in [1.54, 1.807) is 11.3 Å². The molecule has 0 saturated heterocycles. The zero-order valence-corrected chi connectivity index (χ0v) is 23.1. The first-order valence-corrected chi connectivity index (χ1v) is 14.0. The predicted octanol–water partition coefficient (Wildman–Crippen LogP) is 8.09. The van der Waals surface area contributed by atoms with Crippen LogP contribution in [0.15, 0.2) is 42.7 Å². The molecule has 3 heterocycles. The maximum atomic E-state index is 4.94. The van der Waals surface area contributed by atoms with Crippen molar-refractivity contribution in [3.8, 4) is 10.6 Å². The molecule has 5 heteroatoms. The van der Waals surface area contributed by atoms with Crippen molar-refractivity contribution >= 4 is 27.9 Å². The topological polar surface area (TPSA) is 44.8 Å². The molecule has 35 heavy (non-hydrogen) atoms. The molecule has 1 aromatic carbocycles. The standard InChI is InChI=1S/C30H40N4S/c1-7-16-30(9-3,10-4)28-24(8-2)25-12-11-23(20-27(25)32-28)34(6)19-15-26-21(5)35-29(33-26)22-13-17-31-18-14-22/h11-14,17-18,20,32H,7-10,15-16,19H2,1-6H3. The van der Waals surface area contributed by atoms with Gasteiger partial charge < -0.3 is 9.88 Å². The van der Waals surface area contributed by atoms with Crippen LogP contribution in [0.2, 0.25) is 0 Å². The minimum atomic E-state index is 0.250. The summed E-state index contributed by atoms with van der Waals surface area (Å²) in [6.07, 6.45) is 10.5. The van der Waals surface area contributed by atoms with Crippen molar-refractivity contribution in [3.05, 3.63) is 64.6 Å². The van der Waals surface area contributed by atoms with E-state index >= 15 is 0 Å². The molecule has 0 aliphatic rings. The number of aromatic amines is 1. The fraction of sp³-hybridized carbons (Fsp3) is 0.467. The number of hydrogen-bond donors (Lipinski definition) is 1. The van der Waals surface area contributed by atoms with Crippen molar-refractivity contribution in [1.29, 1.82) is 0 Å². The summed E-state index contributed by atoms with van der Waals surface area (Å²) in [7, 11) is 2.19. The number of nitrogens with one attached hydrogen (secondary N) is 1. The van der Waals surface area contributed by atoms with Gasteiger partial charge in [0, 0.05) is 70.5 Å². The fourth-order valence-electron chi connectivity index (χ4n) is 5.54. The summed E-state index contributed by atoms with van der Waals surface area (Å²) >= 11 is 1.77. The van der Waals surface area contributed by atoms with Crippen LogP contribution in [0.4, 0.5) is 5.69 Å². The Labute approximate surface area is 214 Å². The number of rotatable bonds is 11. The highest BCUT2D eigenvalue weighted by Gasteiger charge is 2.32. The third kappa shape index (κ3) is 5.02. The van der Waals surface area contributed by atoms with E-state index in [2.05, 4.69) is 74.7 Å². The number of aromatic nitrogens is 3. The summed E-state index contributed by atoms with van der Waals surface area (Å²) in [5.74, 6) is 0. The second kappa shape index (κ2) is 10.9. The van der Waals surface area contributed by atoms with Gasteiger partial charge >= 0.3 is 0 Å². The minimum absolute atomic E-state index is 0.250. The highest BCUT2D eigenvalue weighted by Crippen LogP contribution is 2.41. The van der Waals surface area contributed by atoms with Crippen LogP contribution in [-0.2, 0) is 18.3 Å². The molecule has 0 amide bonds. The van der Waals surface area contributed by atoms with Crippen molar-refractivity contribution in [2.45, 2.75) is 78.6 Å². The number of nitrogens with zero attached hydrogens (tertiary/aromatic N) is 3. The molecule has 0 unspecified atom stereocenters. The van der Waals surface area contributed by atoms with Gasteiger partial charge in [-0.3, -0.25) is 4.98 Å². The van der Waals surface area contributed by atoms with Crippen LogP contribution in [0.3, 0.4) is 0 Å². The largest absolute Gasteiger partial charge is 0.374 e. The normalized spacial score (nSPS) is 11.9. The average molecular weight is 489 g/mol. The molecule has 1 N–H and O–H groups in total. The van der Waals surface area contributed by atoms with Crippen LogP contribution >= 0.6 is 11.3 Å². The van der Waals surface area contributed by atoms with Crippen molar-refractivity contribution in [2.24, 2.45) is 0 Å². The highest BCUT2D eigenvalue weighted by atomic mass is 32.1. The smallest absolute Gasteiger partial charge is 0.123 e.